The highest BCUT2D eigenvalue weighted by Gasteiger charge is 2.12. The summed E-state index contributed by atoms with van der Waals surface area (Å²) in [6, 6.07) is 15.2. The van der Waals surface area contributed by atoms with Crippen LogP contribution >= 0.6 is 13.5 Å². The first-order valence-corrected chi connectivity index (χ1v) is 5.68. The van der Waals surface area contributed by atoms with E-state index >= 15 is 0 Å². The first-order valence-electron chi connectivity index (χ1n) is 5.68. The Hall–Kier alpha value is -0.950. The van der Waals surface area contributed by atoms with Crippen LogP contribution in [0.25, 0.3) is 10.8 Å². The lowest BCUT2D eigenvalue weighted by atomic mass is 9.87. The van der Waals surface area contributed by atoms with Crippen LogP contribution in [0.5, 0.6) is 0 Å². The average Bonchev–Trinajstić information content (AvgIpc) is 2.27. The van der Waals surface area contributed by atoms with Crippen LogP contribution in [0, 0.1) is 5.92 Å². The van der Waals surface area contributed by atoms with Gasteiger partial charge in [0, 0.05) is 0 Å². The maximum atomic E-state index is 2.31. The summed E-state index contributed by atoms with van der Waals surface area (Å²) >= 11 is 0. The zero-order valence-corrected chi connectivity index (χ0v) is 11.2. The molecule has 0 unspecified atom stereocenters. The number of rotatable bonds is 2. The third kappa shape index (κ3) is 2.41. The SMILES string of the molecule is CC(C)[C@@H](C)c1cccc2ccccc12.S. The van der Waals surface area contributed by atoms with Crippen molar-refractivity contribution in [3.63, 3.8) is 0 Å². The van der Waals surface area contributed by atoms with E-state index < -0.39 is 0 Å². The molecule has 0 saturated heterocycles. The summed E-state index contributed by atoms with van der Waals surface area (Å²) in [4.78, 5) is 0. The molecule has 2 aromatic carbocycles. The van der Waals surface area contributed by atoms with Crippen molar-refractivity contribution in [1.29, 1.82) is 0 Å². The van der Waals surface area contributed by atoms with Gasteiger partial charge in [0.15, 0.2) is 0 Å². The molecule has 0 saturated carbocycles. The van der Waals surface area contributed by atoms with Crippen LogP contribution < -0.4 is 0 Å². The second-order valence-corrected chi connectivity index (χ2v) is 4.60. The van der Waals surface area contributed by atoms with Gasteiger partial charge in [0.2, 0.25) is 0 Å². The van der Waals surface area contributed by atoms with Crippen LogP contribution in [0.1, 0.15) is 32.3 Å². The molecule has 0 aliphatic carbocycles. The van der Waals surface area contributed by atoms with Gasteiger partial charge in [0.1, 0.15) is 0 Å². The van der Waals surface area contributed by atoms with Crippen molar-refractivity contribution in [3.8, 4) is 0 Å². The molecule has 0 spiro atoms. The van der Waals surface area contributed by atoms with Gasteiger partial charge in [-0.05, 0) is 28.2 Å². The summed E-state index contributed by atoms with van der Waals surface area (Å²) in [5, 5.41) is 2.75. The van der Waals surface area contributed by atoms with Gasteiger partial charge >= 0.3 is 0 Å². The summed E-state index contributed by atoms with van der Waals surface area (Å²) in [7, 11) is 0. The molecule has 0 fully saturated rings. The summed E-state index contributed by atoms with van der Waals surface area (Å²) in [6.07, 6.45) is 0. The monoisotopic (exact) mass is 232 g/mol. The van der Waals surface area contributed by atoms with E-state index in [1.165, 1.54) is 16.3 Å². The number of hydrogen-bond donors (Lipinski definition) is 0. The largest absolute Gasteiger partial charge is 0.197 e. The van der Waals surface area contributed by atoms with Gasteiger partial charge in [0.25, 0.3) is 0 Å². The fourth-order valence-electron chi connectivity index (χ4n) is 2.01. The Bertz CT molecular complexity index is 454. The van der Waals surface area contributed by atoms with Crippen molar-refractivity contribution in [1.82, 2.24) is 0 Å². The lowest BCUT2D eigenvalue weighted by molar-refractivity contribution is 0.538. The number of fused-ring (bicyclic) bond motifs is 1. The third-order valence-corrected chi connectivity index (χ3v) is 3.31. The maximum Gasteiger partial charge on any atom is -0.0149 e. The molecule has 0 bridgehead atoms. The molecule has 2 rings (SSSR count). The van der Waals surface area contributed by atoms with Crippen LogP contribution in [0.2, 0.25) is 0 Å². The quantitative estimate of drug-likeness (QED) is 0.703. The van der Waals surface area contributed by atoms with Crippen LogP contribution in [-0.4, -0.2) is 0 Å². The molecule has 86 valence electrons. The fraction of sp³-hybridized carbons (Fsp3) is 0.333. The van der Waals surface area contributed by atoms with Crippen molar-refractivity contribution in [2.75, 3.05) is 0 Å². The zero-order chi connectivity index (χ0) is 10.8. The molecule has 0 aliphatic rings. The van der Waals surface area contributed by atoms with E-state index in [2.05, 4.69) is 63.2 Å². The van der Waals surface area contributed by atoms with Gasteiger partial charge in [-0.2, -0.15) is 13.5 Å². The third-order valence-electron chi connectivity index (χ3n) is 3.31. The average molecular weight is 232 g/mol. The highest BCUT2D eigenvalue weighted by Crippen LogP contribution is 2.29. The minimum atomic E-state index is 0. The molecule has 1 heteroatoms. The molecule has 0 amide bonds. The molecule has 2 aromatic rings. The van der Waals surface area contributed by atoms with E-state index in [9.17, 15) is 0 Å². The predicted octanol–water partition coefficient (Wildman–Crippen LogP) is 4.71. The molecule has 0 aromatic heterocycles. The van der Waals surface area contributed by atoms with Gasteiger partial charge in [-0.3, -0.25) is 0 Å². The molecule has 0 nitrogen and oxygen atoms in total. The molecule has 16 heavy (non-hydrogen) atoms. The summed E-state index contributed by atoms with van der Waals surface area (Å²) in [6.45, 7) is 6.88. The fourth-order valence-corrected chi connectivity index (χ4v) is 2.01. The first kappa shape index (κ1) is 13.1. The number of hydrogen-bond acceptors (Lipinski definition) is 0. The highest BCUT2D eigenvalue weighted by molar-refractivity contribution is 7.59. The van der Waals surface area contributed by atoms with Crippen molar-refractivity contribution >= 4 is 24.3 Å². The van der Waals surface area contributed by atoms with Crippen molar-refractivity contribution in [2.24, 2.45) is 5.92 Å². The first-order chi connectivity index (χ1) is 7.20. The van der Waals surface area contributed by atoms with Crippen molar-refractivity contribution < 1.29 is 0 Å². The van der Waals surface area contributed by atoms with Crippen LogP contribution in [-0.2, 0) is 0 Å². The minimum absolute atomic E-state index is 0. The smallest absolute Gasteiger partial charge is 0.0149 e. The molecule has 0 radical (unpaired) electrons. The molecular weight excluding hydrogens is 212 g/mol. The summed E-state index contributed by atoms with van der Waals surface area (Å²) in [5.41, 5.74) is 1.48. The minimum Gasteiger partial charge on any atom is -0.197 e. The topological polar surface area (TPSA) is 0 Å². The van der Waals surface area contributed by atoms with Gasteiger partial charge < -0.3 is 0 Å². The van der Waals surface area contributed by atoms with Crippen LogP contribution in [0.3, 0.4) is 0 Å². The molecular formula is C15H20S. The Kier molecular flexibility index (Phi) is 4.43. The molecule has 0 heterocycles. The van der Waals surface area contributed by atoms with Gasteiger partial charge in [-0.15, -0.1) is 0 Å². The van der Waals surface area contributed by atoms with Gasteiger partial charge in [-0.25, -0.2) is 0 Å². The van der Waals surface area contributed by atoms with E-state index in [0.717, 1.165) is 0 Å². The van der Waals surface area contributed by atoms with E-state index in [1.807, 2.05) is 0 Å². The Morgan fingerprint density at radius 3 is 2.12 bits per heavy atom. The highest BCUT2D eigenvalue weighted by atomic mass is 32.1. The van der Waals surface area contributed by atoms with Gasteiger partial charge in [-0.1, -0.05) is 63.2 Å². The Morgan fingerprint density at radius 2 is 1.44 bits per heavy atom. The van der Waals surface area contributed by atoms with Crippen molar-refractivity contribution in [2.45, 2.75) is 26.7 Å². The molecule has 1 atom stereocenters. The van der Waals surface area contributed by atoms with E-state index in [4.69, 9.17) is 0 Å². The van der Waals surface area contributed by atoms with Crippen molar-refractivity contribution in [3.05, 3.63) is 48.0 Å². The Balaban J connectivity index is 0.00000128. The van der Waals surface area contributed by atoms with E-state index in [-0.39, 0.29) is 13.5 Å². The summed E-state index contributed by atoms with van der Waals surface area (Å²) in [5.74, 6) is 1.31. The van der Waals surface area contributed by atoms with E-state index in [1.54, 1.807) is 0 Å². The second kappa shape index (κ2) is 5.40. The van der Waals surface area contributed by atoms with Gasteiger partial charge in [0.05, 0.1) is 0 Å². The molecule has 0 aliphatic heterocycles. The zero-order valence-electron chi connectivity index (χ0n) is 10.2. The standard InChI is InChI=1S/C15H18.H2S/c1-11(2)12(3)14-10-6-8-13-7-4-5-9-15(13)14;/h4-12H,1-3H3;1H2/t12-;/m1./s1. The lowest BCUT2D eigenvalue weighted by Gasteiger charge is -2.18. The van der Waals surface area contributed by atoms with E-state index in [0.29, 0.717) is 11.8 Å². The van der Waals surface area contributed by atoms with Crippen LogP contribution in [0.15, 0.2) is 42.5 Å². The Labute approximate surface area is 105 Å². The summed E-state index contributed by atoms with van der Waals surface area (Å²) < 4.78 is 0. The lowest BCUT2D eigenvalue weighted by Crippen LogP contribution is -2.02. The number of benzene rings is 2. The molecule has 0 N–H and O–H groups in total. The normalized spacial score (nSPS) is 12.5. The predicted molar refractivity (Wildman–Crippen MR) is 77.6 cm³/mol. The Morgan fingerprint density at radius 1 is 0.812 bits per heavy atom. The van der Waals surface area contributed by atoms with Crippen LogP contribution in [0.4, 0.5) is 0 Å². The second-order valence-electron chi connectivity index (χ2n) is 4.60. The maximum absolute atomic E-state index is 2.31.